The summed E-state index contributed by atoms with van der Waals surface area (Å²) in [5, 5.41) is 12.0. The lowest BCUT2D eigenvalue weighted by Gasteiger charge is -2.09. The molecule has 4 rings (SSSR count). The summed E-state index contributed by atoms with van der Waals surface area (Å²) in [6, 6.07) is 14.6. The first-order chi connectivity index (χ1) is 13.7. The molecular weight excluding hydrogens is 395 g/mol. The van der Waals surface area contributed by atoms with Crippen molar-refractivity contribution in [1.82, 2.24) is 14.8 Å². The smallest absolute Gasteiger partial charge is 0.234 e. The summed E-state index contributed by atoms with van der Waals surface area (Å²) in [7, 11) is 0. The first kappa shape index (κ1) is 19.0. The third-order valence-corrected chi connectivity index (χ3v) is 6.08. The van der Waals surface area contributed by atoms with Gasteiger partial charge in [-0.1, -0.05) is 23.9 Å². The highest BCUT2D eigenvalue weighted by molar-refractivity contribution is 7.99. The van der Waals surface area contributed by atoms with Gasteiger partial charge in [0.25, 0.3) is 0 Å². The predicted molar refractivity (Wildman–Crippen MR) is 111 cm³/mol. The van der Waals surface area contributed by atoms with Crippen molar-refractivity contribution < 1.29 is 9.18 Å². The van der Waals surface area contributed by atoms with E-state index in [1.54, 1.807) is 30.0 Å². The van der Waals surface area contributed by atoms with Gasteiger partial charge in [-0.05, 0) is 55.5 Å². The van der Waals surface area contributed by atoms with Gasteiger partial charge < -0.3 is 5.32 Å². The van der Waals surface area contributed by atoms with Crippen LogP contribution in [0.3, 0.4) is 0 Å². The molecule has 0 aliphatic heterocycles. The van der Waals surface area contributed by atoms with Crippen LogP contribution in [-0.4, -0.2) is 32.7 Å². The third-order valence-electron chi connectivity index (χ3n) is 4.40. The van der Waals surface area contributed by atoms with E-state index in [1.165, 1.54) is 17.8 Å². The van der Waals surface area contributed by atoms with Crippen molar-refractivity contribution in [2.24, 2.45) is 0 Å². The van der Waals surface area contributed by atoms with E-state index in [1.807, 2.05) is 35.1 Å². The van der Waals surface area contributed by atoms with Gasteiger partial charge in [0.1, 0.15) is 5.82 Å². The van der Waals surface area contributed by atoms with Crippen molar-refractivity contribution in [3.8, 4) is 11.4 Å². The van der Waals surface area contributed by atoms with Gasteiger partial charge in [-0.25, -0.2) is 4.39 Å². The standard InChI is InChI=1S/C20H19FN4OS2/c1-27-15-10-6-13(7-11-15)22-18(26)12-28-20-24-23-19(25(20)14-8-9-14)16-4-2-3-5-17(16)21/h2-7,10-11,14H,8-9,12H2,1H3,(H,22,26). The molecule has 1 heterocycles. The molecule has 5 nitrogen and oxygen atoms in total. The number of hydrogen-bond donors (Lipinski definition) is 1. The van der Waals surface area contributed by atoms with Crippen molar-refractivity contribution in [1.29, 1.82) is 0 Å². The average Bonchev–Trinajstić information content (AvgIpc) is 3.47. The summed E-state index contributed by atoms with van der Waals surface area (Å²) in [6.07, 6.45) is 4.04. The number of halogens is 1. The molecule has 0 saturated heterocycles. The quantitative estimate of drug-likeness (QED) is 0.559. The number of carbonyl (C=O) groups excluding carboxylic acids is 1. The van der Waals surface area contributed by atoms with Crippen LogP contribution in [0.1, 0.15) is 18.9 Å². The monoisotopic (exact) mass is 414 g/mol. The minimum atomic E-state index is -0.320. The molecule has 0 spiro atoms. The van der Waals surface area contributed by atoms with Gasteiger partial charge in [-0.15, -0.1) is 22.0 Å². The molecule has 0 atom stereocenters. The molecule has 1 aliphatic rings. The van der Waals surface area contributed by atoms with Gasteiger partial charge >= 0.3 is 0 Å². The summed E-state index contributed by atoms with van der Waals surface area (Å²) in [6.45, 7) is 0. The van der Waals surface area contributed by atoms with Crippen LogP contribution in [0.4, 0.5) is 10.1 Å². The SMILES string of the molecule is CSc1ccc(NC(=O)CSc2nnc(-c3ccccc3F)n2C2CC2)cc1. The molecule has 28 heavy (non-hydrogen) atoms. The van der Waals surface area contributed by atoms with Crippen LogP contribution in [0.2, 0.25) is 0 Å². The van der Waals surface area contributed by atoms with Crippen molar-refractivity contribution >= 4 is 35.1 Å². The molecule has 1 aromatic heterocycles. The van der Waals surface area contributed by atoms with Gasteiger partial charge in [0.15, 0.2) is 11.0 Å². The third kappa shape index (κ3) is 4.23. The topological polar surface area (TPSA) is 59.8 Å². The van der Waals surface area contributed by atoms with Crippen molar-refractivity contribution in [2.75, 3.05) is 17.3 Å². The number of carbonyl (C=O) groups is 1. The van der Waals surface area contributed by atoms with Crippen LogP contribution in [-0.2, 0) is 4.79 Å². The van der Waals surface area contributed by atoms with Crippen molar-refractivity contribution in [2.45, 2.75) is 28.9 Å². The van der Waals surface area contributed by atoms with Gasteiger partial charge in [0.05, 0.1) is 11.3 Å². The Morgan fingerprint density at radius 3 is 2.61 bits per heavy atom. The fourth-order valence-corrected chi connectivity index (χ4v) is 4.08. The highest BCUT2D eigenvalue weighted by Gasteiger charge is 2.31. The molecule has 144 valence electrons. The zero-order chi connectivity index (χ0) is 19.5. The summed E-state index contributed by atoms with van der Waals surface area (Å²) in [4.78, 5) is 13.5. The van der Waals surface area contributed by atoms with Crippen LogP contribution in [0.5, 0.6) is 0 Å². The zero-order valence-electron chi connectivity index (χ0n) is 15.3. The Kier molecular flexibility index (Phi) is 5.68. The largest absolute Gasteiger partial charge is 0.325 e. The molecule has 1 N–H and O–H groups in total. The lowest BCUT2D eigenvalue weighted by molar-refractivity contribution is -0.113. The minimum Gasteiger partial charge on any atom is -0.325 e. The normalized spacial score (nSPS) is 13.5. The van der Waals surface area contributed by atoms with E-state index in [0.717, 1.165) is 23.4 Å². The van der Waals surface area contributed by atoms with Crippen molar-refractivity contribution in [3.05, 3.63) is 54.3 Å². The maximum atomic E-state index is 14.2. The Morgan fingerprint density at radius 2 is 1.93 bits per heavy atom. The van der Waals surface area contributed by atoms with E-state index in [2.05, 4.69) is 15.5 Å². The maximum Gasteiger partial charge on any atom is 0.234 e. The molecule has 1 amide bonds. The molecule has 0 bridgehead atoms. The number of anilines is 1. The van der Waals surface area contributed by atoms with Crippen LogP contribution < -0.4 is 5.32 Å². The van der Waals surface area contributed by atoms with Crippen LogP contribution >= 0.6 is 23.5 Å². The lowest BCUT2D eigenvalue weighted by Crippen LogP contribution is -2.14. The Hall–Kier alpha value is -2.32. The van der Waals surface area contributed by atoms with E-state index in [0.29, 0.717) is 16.5 Å². The fourth-order valence-electron chi connectivity index (χ4n) is 2.87. The number of benzene rings is 2. The first-order valence-corrected chi connectivity index (χ1v) is 11.1. The molecule has 3 aromatic rings. The lowest BCUT2D eigenvalue weighted by atomic mass is 10.2. The number of rotatable bonds is 7. The second-order valence-corrected chi connectivity index (χ2v) is 8.27. The summed E-state index contributed by atoms with van der Waals surface area (Å²) in [5.41, 5.74) is 1.20. The van der Waals surface area contributed by atoms with Crippen LogP contribution in [0, 0.1) is 5.82 Å². The average molecular weight is 415 g/mol. The Bertz CT molecular complexity index is 986. The Balaban J connectivity index is 1.46. The van der Waals surface area contributed by atoms with E-state index >= 15 is 0 Å². The first-order valence-electron chi connectivity index (χ1n) is 8.92. The number of thioether (sulfide) groups is 2. The number of hydrogen-bond acceptors (Lipinski definition) is 5. The number of nitrogens with one attached hydrogen (secondary N) is 1. The molecule has 1 aliphatic carbocycles. The van der Waals surface area contributed by atoms with E-state index < -0.39 is 0 Å². The van der Waals surface area contributed by atoms with Gasteiger partial charge in [0.2, 0.25) is 5.91 Å². The second kappa shape index (κ2) is 8.36. The Labute approximate surface area is 171 Å². The zero-order valence-corrected chi connectivity index (χ0v) is 16.9. The molecule has 8 heteroatoms. The van der Waals surface area contributed by atoms with Gasteiger partial charge in [0, 0.05) is 16.6 Å². The molecule has 0 unspecified atom stereocenters. The molecule has 1 fully saturated rings. The van der Waals surface area contributed by atoms with E-state index in [4.69, 9.17) is 0 Å². The minimum absolute atomic E-state index is 0.111. The van der Waals surface area contributed by atoms with E-state index in [-0.39, 0.29) is 23.5 Å². The molecular formula is C20H19FN4OS2. The molecule has 1 saturated carbocycles. The molecule has 2 aromatic carbocycles. The van der Waals surface area contributed by atoms with E-state index in [9.17, 15) is 9.18 Å². The number of amides is 1. The fraction of sp³-hybridized carbons (Fsp3) is 0.250. The van der Waals surface area contributed by atoms with Crippen LogP contribution in [0.15, 0.2) is 58.6 Å². The summed E-state index contributed by atoms with van der Waals surface area (Å²) >= 11 is 2.98. The van der Waals surface area contributed by atoms with Gasteiger partial charge in [-0.2, -0.15) is 0 Å². The number of nitrogens with zero attached hydrogens (tertiary/aromatic N) is 3. The summed E-state index contributed by atoms with van der Waals surface area (Å²) in [5.74, 6) is 0.308. The maximum absolute atomic E-state index is 14.2. The highest BCUT2D eigenvalue weighted by Crippen LogP contribution is 2.41. The highest BCUT2D eigenvalue weighted by atomic mass is 32.2. The Morgan fingerprint density at radius 1 is 1.18 bits per heavy atom. The predicted octanol–water partition coefficient (Wildman–Crippen LogP) is 4.87. The second-order valence-electron chi connectivity index (χ2n) is 6.45. The molecule has 0 radical (unpaired) electrons. The number of aromatic nitrogens is 3. The van der Waals surface area contributed by atoms with Crippen molar-refractivity contribution in [3.63, 3.8) is 0 Å². The summed E-state index contributed by atoms with van der Waals surface area (Å²) < 4.78 is 16.2. The van der Waals surface area contributed by atoms with Crippen LogP contribution in [0.25, 0.3) is 11.4 Å². The van der Waals surface area contributed by atoms with Gasteiger partial charge in [-0.3, -0.25) is 9.36 Å².